The van der Waals surface area contributed by atoms with Crippen molar-refractivity contribution >= 4 is 23.6 Å². The van der Waals surface area contributed by atoms with Gasteiger partial charge >= 0.3 is 0 Å². The summed E-state index contributed by atoms with van der Waals surface area (Å²) >= 11 is 0. The first kappa shape index (κ1) is 12.9. The van der Waals surface area contributed by atoms with Crippen LogP contribution >= 0.6 is 0 Å². The number of carbonyl (C=O) groups excluding carboxylic acids is 3. The van der Waals surface area contributed by atoms with Crippen molar-refractivity contribution in [3.63, 3.8) is 0 Å². The Hall–Kier alpha value is -2.12. The highest BCUT2D eigenvalue weighted by atomic mass is 16.4. The number of imide groups is 1. The molecule has 0 aromatic rings. The molecule has 0 bridgehead atoms. The fourth-order valence-corrected chi connectivity index (χ4v) is 1.35. The van der Waals surface area contributed by atoms with Gasteiger partial charge in [0.15, 0.2) is 5.84 Å². The fourth-order valence-electron chi connectivity index (χ4n) is 1.35. The van der Waals surface area contributed by atoms with E-state index in [0.717, 1.165) is 0 Å². The monoisotopic (exact) mass is 242 g/mol. The van der Waals surface area contributed by atoms with Crippen LogP contribution in [-0.2, 0) is 14.4 Å². The second-order valence-electron chi connectivity index (χ2n) is 3.76. The molecule has 0 spiro atoms. The van der Waals surface area contributed by atoms with Crippen LogP contribution in [0.3, 0.4) is 0 Å². The lowest BCUT2D eigenvalue weighted by Gasteiger charge is -2.23. The Morgan fingerprint density at radius 2 is 2.29 bits per heavy atom. The molecule has 1 fully saturated rings. The lowest BCUT2D eigenvalue weighted by Crippen LogP contribution is -2.54. The summed E-state index contributed by atoms with van der Waals surface area (Å²) in [5, 5.41) is 15.7. The zero-order chi connectivity index (χ0) is 13.0. The van der Waals surface area contributed by atoms with Crippen LogP contribution in [0.25, 0.3) is 0 Å². The molecule has 2 unspecified atom stereocenters. The number of nitrogens with two attached hydrogens (primary N) is 1. The molecule has 0 aliphatic carbocycles. The molecule has 1 heterocycles. The van der Waals surface area contributed by atoms with Crippen LogP contribution < -0.4 is 16.4 Å². The van der Waals surface area contributed by atoms with Crippen LogP contribution in [0.1, 0.15) is 19.8 Å². The van der Waals surface area contributed by atoms with Gasteiger partial charge < -0.3 is 16.3 Å². The lowest BCUT2D eigenvalue weighted by atomic mass is 10.0. The third-order valence-corrected chi connectivity index (χ3v) is 2.51. The smallest absolute Gasteiger partial charge is 0.249 e. The SMILES string of the molecule is CC(C(=O)NC1CCC(=O)NC1=O)C(N)=NO. The van der Waals surface area contributed by atoms with E-state index >= 15 is 0 Å². The minimum Gasteiger partial charge on any atom is -0.409 e. The molecule has 8 heteroatoms. The van der Waals surface area contributed by atoms with Gasteiger partial charge in [0, 0.05) is 6.42 Å². The summed E-state index contributed by atoms with van der Waals surface area (Å²) in [5.74, 6) is -2.51. The van der Waals surface area contributed by atoms with Gasteiger partial charge in [-0.05, 0) is 13.3 Å². The maximum absolute atomic E-state index is 11.6. The van der Waals surface area contributed by atoms with Gasteiger partial charge in [-0.25, -0.2) is 0 Å². The van der Waals surface area contributed by atoms with Crippen LogP contribution in [0.5, 0.6) is 0 Å². The van der Waals surface area contributed by atoms with Crippen molar-refractivity contribution in [2.24, 2.45) is 16.8 Å². The summed E-state index contributed by atoms with van der Waals surface area (Å²) in [6.07, 6.45) is 0.425. The van der Waals surface area contributed by atoms with Crippen LogP contribution in [0.15, 0.2) is 5.16 Å². The molecule has 1 rings (SSSR count). The summed E-state index contributed by atoms with van der Waals surface area (Å²) in [4.78, 5) is 33.8. The molecule has 0 radical (unpaired) electrons. The number of piperidine rings is 1. The van der Waals surface area contributed by atoms with Gasteiger partial charge in [0.05, 0.1) is 5.92 Å². The van der Waals surface area contributed by atoms with Crippen LogP contribution in [0, 0.1) is 5.92 Å². The Labute approximate surface area is 97.2 Å². The molecular weight excluding hydrogens is 228 g/mol. The highest BCUT2D eigenvalue weighted by Crippen LogP contribution is 2.05. The first-order valence-electron chi connectivity index (χ1n) is 5.07. The van der Waals surface area contributed by atoms with E-state index in [9.17, 15) is 14.4 Å². The molecular formula is C9H14N4O4. The molecule has 1 aliphatic rings. The minimum absolute atomic E-state index is 0.175. The van der Waals surface area contributed by atoms with Crippen molar-refractivity contribution < 1.29 is 19.6 Å². The van der Waals surface area contributed by atoms with E-state index < -0.39 is 23.8 Å². The molecule has 0 saturated carbocycles. The normalized spacial score (nSPS) is 22.9. The molecule has 94 valence electrons. The van der Waals surface area contributed by atoms with Gasteiger partial charge in [0.25, 0.3) is 0 Å². The summed E-state index contributed by atoms with van der Waals surface area (Å²) in [6.45, 7) is 1.44. The number of nitrogens with zero attached hydrogens (tertiary/aromatic N) is 1. The highest BCUT2D eigenvalue weighted by molar-refractivity contribution is 6.05. The second-order valence-corrected chi connectivity index (χ2v) is 3.76. The van der Waals surface area contributed by atoms with E-state index in [4.69, 9.17) is 10.9 Å². The fraction of sp³-hybridized carbons (Fsp3) is 0.556. The number of carbonyl (C=O) groups is 3. The van der Waals surface area contributed by atoms with Gasteiger partial charge in [0.2, 0.25) is 17.7 Å². The van der Waals surface area contributed by atoms with E-state index in [0.29, 0.717) is 0 Å². The number of hydrogen-bond donors (Lipinski definition) is 4. The van der Waals surface area contributed by atoms with Crippen molar-refractivity contribution in [2.45, 2.75) is 25.8 Å². The van der Waals surface area contributed by atoms with Crippen molar-refractivity contribution in [2.75, 3.05) is 0 Å². The third-order valence-electron chi connectivity index (χ3n) is 2.51. The molecule has 0 aromatic carbocycles. The Kier molecular flexibility index (Phi) is 4.02. The van der Waals surface area contributed by atoms with Gasteiger partial charge in [-0.1, -0.05) is 5.16 Å². The van der Waals surface area contributed by atoms with Gasteiger partial charge in [-0.2, -0.15) is 0 Å². The first-order chi connectivity index (χ1) is 7.95. The topological polar surface area (TPSA) is 134 Å². The number of hydrogen-bond acceptors (Lipinski definition) is 5. The average Bonchev–Trinajstić information content (AvgIpc) is 2.30. The van der Waals surface area contributed by atoms with E-state index in [1.807, 2.05) is 0 Å². The summed E-state index contributed by atoms with van der Waals surface area (Å²) in [6, 6.07) is -0.755. The van der Waals surface area contributed by atoms with Gasteiger partial charge in [0.1, 0.15) is 6.04 Å². The zero-order valence-electron chi connectivity index (χ0n) is 9.27. The largest absolute Gasteiger partial charge is 0.409 e. The molecule has 17 heavy (non-hydrogen) atoms. The van der Waals surface area contributed by atoms with Crippen LogP contribution in [-0.4, -0.2) is 34.8 Å². The van der Waals surface area contributed by atoms with Crippen molar-refractivity contribution in [1.29, 1.82) is 0 Å². The maximum atomic E-state index is 11.6. The zero-order valence-corrected chi connectivity index (χ0v) is 9.27. The predicted octanol–water partition coefficient (Wildman–Crippen LogP) is -1.71. The molecule has 3 amide bonds. The Morgan fingerprint density at radius 3 is 2.82 bits per heavy atom. The summed E-state index contributed by atoms with van der Waals surface area (Å²) in [7, 11) is 0. The maximum Gasteiger partial charge on any atom is 0.249 e. The molecule has 8 nitrogen and oxygen atoms in total. The number of amidine groups is 1. The standard InChI is InChI=1S/C9H14N4O4/c1-4(7(10)13-17)8(15)11-5-2-3-6(14)12-9(5)16/h4-5,17H,2-3H2,1H3,(H2,10,13)(H,11,15)(H,12,14,16). The Balaban J connectivity index is 2.57. The Bertz CT molecular complexity index is 379. The quantitative estimate of drug-likeness (QED) is 0.154. The average molecular weight is 242 g/mol. The molecule has 1 aliphatic heterocycles. The van der Waals surface area contributed by atoms with Crippen molar-refractivity contribution in [3.8, 4) is 0 Å². The summed E-state index contributed by atoms with van der Waals surface area (Å²) < 4.78 is 0. The first-order valence-corrected chi connectivity index (χ1v) is 5.07. The van der Waals surface area contributed by atoms with Crippen LogP contribution in [0.4, 0.5) is 0 Å². The Morgan fingerprint density at radius 1 is 1.65 bits per heavy atom. The van der Waals surface area contributed by atoms with Crippen molar-refractivity contribution in [1.82, 2.24) is 10.6 Å². The molecule has 0 aromatic heterocycles. The van der Waals surface area contributed by atoms with Crippen molar-refractivity contribution in [3.05, 3.63) is 0 Å². The second kappa shape index (κ2) is 5.28. The molecule has 5 N–H and O–H groups in total. The van der Waals surface area contributed by atoms with Gasteiger partial charge in [-0.3, -0.25) is 19.7 Å². The predicted molar refractivity (Wildman–Crippen MR) is 56.9 cm³/mol. The van der Waals surface area contributed by atoms with E-state index in [-0.39, 0.29) is 24.6 Å². The number of nitrogens with one attached hydrogen (secondary N) is 2. The number of amides is 3. The minimum atomic E-state index is -0.842. The molecule has 2 atom stereocenters. The lowest BCUT2D eigenvalue weighted by molar-refractivity contribution is -0.137. The third kappa shape index (κ3) is 3.16. The number of oxime groups is 1. The van der Waals surface area contributed by atoms with Crippen LogP contribution in [0.2, 0.25) is 0 Å². The highest BCUT2D eigenvalue weighted by Gasteiger charge is 2.29. The number of rotatable bonds is 3. The van der Waals surface area contributed by atoms with E-state index in [2.05, 4.69) is 15.8 Å². The summed E-state index contributed by atoms with van der Waals surface area (Å²) in [5.41, 5.74) is 5.26. The molecule has 1 saturated heterocycles. The van der Waals surface area contributed by atoms with E-state index in [1.165, 1.54) is 6.92 Å². The van der Waals surface area contributed by atoms with Gasteiger partial charge in [-0.15, -0.1) is 0 Å². The van der Waals surface area contributed by atoms with E-state index in [1.54, 1.807) is 0 Å².